The van der Waals surface area contributed by atoms with Crippen LogP contribution in [0.25, 0.3) is 0 Å². The number of benzene rings is 1. The summed E-state index contributed by atoms with van der Waals surface area (Å²) in [4.78, 5) is 20.3. The molecule has 0 heterocycles. The number of rotatable bonds is 4. The molecule has 1 atom stereocenters. The van der Waals surface area contributed by atoms with Crippen molar-refractivity contribution in [2.24, 2.45) is 0 Å². The van der Waals surface area contributed by atoms with Crippen LogP contribution in [-0.4, -0.2) is 28.0 Å². The van der Waals surface area contributed by atoms with E-state index in [0.29, 0.717) is 6.07 Å². The van der Waals surface area contributed by atoms with E-state index >= 15 is 0 Å². The second kappa shape index (κ2) is 5.87. The van der Waals surface area contributed by atoms with E-state index in [1.807, 2.05) is 0 Å². The van der Waals surface area contributed by atoms with Crippen LogP contribution in [0.2, 0.25) is 5.02 Å². The minimum atomic E-state index is -1.94. The molecule has 0 bridgehead atoms. The average molecular weight is 296 g/mol. The Bertz CT molecular complexity index is 536. The van der Waals surface area contributed by atoms with E-state index in [1.165, 1.54) is 0 Å². The van der Waals surface area contributed by atoms with Gasteiger partial charge >= 0.3 is 11.7 Å². The lowest BCUT2D eigenvalue weighted by Crippen LogP contribution is -2.12. The van der Waals surface area contributed by atoms with E-state index in [4.69, 9.17) is 11.6 Å². The van der Waals surface area contributed by atoms with Crippen LogP contribution in [0.4, 0.5) is 10.1 Å². The second-order valence-corrected chi connectivity index (χ2v) is 4.88. The highest BCUT2D eigenvalue weighted by atomic mass is 35.5. The Morgan fingerprint density at radius 2 is 2.22 bits per heavy atom. The number of nitro benzene ring substituents is 1. The van der Waals surface area contributed by atoms with Crippen molar-refractivity contribution in [1.29, 1.82) is 0 Å². The third kappa shape index (κ3) is 3.23. The van der Waals surface area contributed by atoms with Crippen molar-refractivity contribution in [3.63, 3.8) is 0 Å². The van der Waals surface area contributed by atoms with Gasteiger partial charge in [0.25, 0.3) is 0 Å². The van der Waals surface area contributed by atoms with Gasteiger partial charge in [-0.25, -0.2) is 0 Å². The number of esters is 1. The summed E-state index contributed by atoms with van der Waals surface area (Å²) in [5, 5.41) is 10.3. The summed E-state index contributed by atoms with van der Waals surface area (Å²) in [6.45, 7) is 0. The van der Waals surface area contributed by atoms with Gasteiger partial charge in [0.15, 0.2) is 0 Å². The second-order valence-electron chi connectivity index (χ2n) is 3.06. The molecule has 0 saturated heterocycles. The smallest absolute Gasteiger partial charge is 0.318 e. The number of carbonyl (C=O) groups is 1. The molecule has 6 nitrogen and oxygen atoms in total. The van der Waals surface area contributed by atoms with Gasteiger partial charge in [0.2, 0.25) is 5.82 Å². The fraction of sp³-hybridized carbons (Fsp3) is 0.222. The van der Waals surface area contributed by atoms with Crippen molar-refractivity contribution in [1.82, 2.24) is 0 Å². The highest BCUT2D eigenvalue weighted by molar-refractivity contribution is 7.85. The molecule has 98 valence electrons. The van der Waals surface area contributed by atoms with Crippen LogP contribution in [-0.2, 0) is 20.3 Å². The molecule has 1 aromatic rings. The first kappa shape index (κ1) is 14.5. The molecule has 0 aliphatic carbocycles. The molecular weight excluding hydrogens is 289 g/mol. The van der Waals surface area contributed by atoms with Crippen LogP contribution < -0.4 is 0 Å². The molecule has 0 saturated carbocycles. The number of hydrogen-bond acceptors (Lipinski definition) is 5. The molecule has 18 heavy (non-hydrogen) atoms. The van der Waals surface area contributed by atoms with Gasteiger partial charge in [-0.1, -0.05) is 11.6 Å². The fourth-order valence-corrected chi connectivity index (χ4v) is 2.49. The zero-order chi connectivity index (χ0) is 13.9. The Morgan fingerprint density at radius 1 is 1.61 bits per heavy atom. The van der Waals surface area contributed by atoms with E-state index in [2.05, 4.69) is 4.74 Å². The van der Waals surface area contributed by atoms with Gasteiger partial charge in [-0.3, -0.25) is 19.1 Å². The Hall–Kier alpha value is -1.54. The minimum Gasteiger partial charge on any atom is -0.468 e. The number of ether oxygens (including phenoxy) is 1. The molecule has 1 rings (SSSR count). The number of nitro groups is 1. The van der Waals surface area contributed by atoms with Crippen LogP contribution in [0, 0.1) is 15.9 Å². The van der Waals surface area contributed by atoms with E-state index in [9.17, 15) is 23.5 Å². The lowest BCUT2D eigenvalue weighted by Gasteiger charge is -2.04. The first-order valence-electron chi connectivity index (χ1n) is 4.45. The van der Waals surface area contributed by atoms with Crippen molar-refractivity contribution in [3.8, 4) is 0 Å². The zero-order valence-electron chi connectivity index (χ0n) is 9.01. The Morgan fingerprint density at radius 3 is 2.72 bits per heavy atom. The van der Waals surface area contributed by atoms with Gasteiger partial charge in [-0.05, 0) is 0 Å². The lowest BCUT2D eigenvalue weighted by atomic mass is 10.3. The summed E-state index contributed by atoms with van der Waals surface area (Å²) >= 11 is 5.62. The standard InChI is InChI=1S/C9H7ClFNO5S/c1-17-9(13)4-18(16)8-3-7(12(14)15)6(11)2-5(8)10/h2-3H,4H2,1H3. The average Bonchev–Trinajstić information content (AvgIpc) is 2.27. The third-order valence-corrected chi connectivity index (χ3v) is 3.67. The number of methoxy groups -OCH3 is 1. The zero-order valence-corrected chi connectivity index (χ0v) is 10.6. The van der Waals surface area contributed by atoms with Crippen LogP contribution in [0.3, 0.4) is 0 Å². The number of carbonyl (C=O) groups excluding carboxylic acids is 1. The topological polar surface area (TPSA) is 86.5 Å². The van der Waals surface area contributed by atoms with Crippen molar-refractivity contribution in [2.45, 2.75) is 4.90 Å². The summed E-state index contributed by atoms with van der Waals surface area (Å²) in [5.74, 6) is -2.42. The Balaban J connectivity index is 3.16. The van der Waals surface area contributed by atoms with E-state index in [-0.39, 0.29) is 9.92 Å². The van der Waals surface area contributed by atoms with E-state index in [1.54, 1.807) is 0 Å². The van der Waals surface area contributed by atoms with Gasteiger partial charge in [0.05, 0.1) is 32.8 Å². The molecule has 0 N–H and O–H groups in total. The first-order valence-corrected chi connectivity index (χ1v) is 6.15. The highest BCUT2D eigenvalue weighted by Crippen LogP contribution is 2.28. The monoisotopic (exact) mass is 295 g/mol. The predicted octanol–water partition coefficient (Wildman–Crippen LogP) is 1.67. The maximum atomic E-state index is 13.2. The van der Waals surface area contributed by atoms with E-state index in [0.717, 1.165) is 13.2 Å². The van der Waals surface area contributed by atoms with Gasteiger partial charge in [0, 0.05) is 12.1 Å². The summed E-state index contributed by atoms with van der Waals surface area (Å²) in [6, 6.07) is 1.43. The van der Waals surface area contributed by atoms with Crippen LogP contribution >= 0.6 is 11.6 Å². The molecule has 0 aromatic heterocycles. The van der Waals surface area contributed by atoms with Crippen molar-refractivity contribution in [3.05, 3.63) is 33.1 Å². The molecule has 1 unspecified atom stereocenters. The molecule has 0 aliphatic rings. The minimum absolute atomic E-state index is 0.185. The molecule has 9 heteroatoms. The number of hydrogen-bond donors (Lipinski definition) is 0. The molecule has 0 amide bonds. The van der Waals surface area contributed by atoms with Gasteiger partial charge in [-0.15, -0.1) is 0 Å². The molecule has 0 fully saturated rings. The summed E-state index contributed by atoms with van der Waals surface area (Å²) in [6.07, 6.45) is 0. The largest absolute Gasteiger partial charge is 0.468 e. The van der Waals surface area contributed by atoms with Gasteiger partial charge in [-0.2, -0.15) is 4.39 Å². The Labute approximate surface area is 108 Å². The van der Waals surface area contributed by atoms with E-state index < -0.39 is 38.9 Å². The normalized spacial score (nSPS) is 11.9. The number of nitrogens with zero attached hydrogens (tertiary/aromatic N) is 1. The predicted molar refractivity (Wildman–Crippen MR) is 61.4 cm³/mol. The summed E-state index contributed by atoms with van der Waals surface area (Å²) in [7, 11) is -0.832. The quantitative estimate of drug-likeness (QED) is 0.479. The molecule has 1 aromatic carbocycles. The van der Waals surface area contributed by atoms with Crippen LogP contribution in [0.15, 0.2) is 17.0 Å². The number of halogens is 2. The SMILES string of the molecule is COC(=O)CS(=O)c1cc([N+](=O)[O-])c(F)cc1Cl. The maximum absolute atomic E-state index is 13.2. The van der Waals surface area contributed by atoms with Crippen molar-refractivity contribution < 1.29 is 23.1 Å². The summed E-state index contributed by atoms with van der Waals surface area (Å²) in [5.41, 5.74) is -0.854. The highest BCUT2D eigenvalue weighted by Gasteiger charge is 2.22. The maximum Gasteiger partial charge on any atom is 0.318 e. The van der Waals surface area contributed by atoms with Crippen LogP contribution in [0.1, 0.15) is 0 Å². The lowest BCUT2D eigenvalue weighted by molar-refractivity contribution is -0.387. The first-order chi connectivity index (χ1) is 8.36. The Kier molecular flexibility index (Phi) is 4.74. The molecule has 0 aliphatic heterocycles. The van der Waals surface area contributed by atoms with Gasteiger partial charge in [0.1, 0.15) is 5.75 Å². The fourth-order valence-electron chi connectivity index (χ4n) is 1.08. The molecule has 0 radical (unpaired) electrons. The van der Waals surface area contributed by atoms with Crippen LogP contribution in [0.5, 0.6) is 0 Å². The van der Waals surface area contributed by atoms with Crippen molar-refractivity contribution >= 4 is 34.1 Å². The van der Waals surface area contributed by atoms with Crippen molar-refractivity contribution in [2.75, 3.05) is 12.9 Å². The third-order valence-electron chi connectivity index (χ3n) is 1.92. The summed E-state index contributed by atoms with van der Waals surface area (Å²) < 4.78 is 29.2. The molecular formula is C9H7ClFNO5S. The molecule has 0 spiro atoms. The van der Waals surface area contributed by atoms with Gasteiger partial charge < -0.3 is 4.74 Å².